The lowest BCUT2D eigenvalue weighted by molar-refractivity contribution is 0.661. The Kier molecular flexibility index (Phi) is 6.01. The molecule has 3 nitrogen and oxygen atoms in total. The molecule has 0 N–H and O–H groups in total. The monoisotopic (exact) mass is 663 g/mol. The number of aromatic nitrogens is 3. The van der Waals surface area contributed by atoms with Gasteiger partial charge in [-0.05, 0) is 74.8 Å². The van der Waals surface area contributed by atoms with Gasteiger partial charge in [0.2, 0.25) is 0 Å². The van der Waals surface area contributed by atoms with Crippen molar-refractivity contribution >= 4 is 54.3 Å². The fraction of sp³-hybridized carbons (Fsp3) is 0.0612. The summed E-state index contributed by atoms with van der Waals surface area (Å²) < 4.78 is 2.43. The highest BCUT2D eigenvalue weighted by atomic mass is 15.0. The van der Waals surface area contributed by atoms with Crippen LogP contribution in [0.1, 0.15) is 25.0 Å². The first-order chi connectivity index (χ1) is 25.5. The van der Waals surface area contributed by atoms with Gasteiger partial charge in [0.05, 0.1) is 22.2 Å². The van der Waals surface area contributed by atoms with Crippen LogP contribution in [0.3, 0.4) is 0 Å². The van der Waals surface area contributed by atoms with E-state index in [0.717, 1.165) is 44.6 Å². The molecule has 0 atom stereocenters. The molecule has 2 heterocycles. The Bertz CT molecular complexity index is 3100. The lowest BCUT2D eigenvalue weighted by Gasteiger charge is -2.22. The molecule has 1 aliphatic rings. The predicted molar refractivity (Wildman–Crippen MR) is 217 cm³/mol. The van der Waals surface area contributed by atoms with E-state index in [2.05, 4.69) is 182 Å². The van der Waals surface area contributed by atoms with Crippen LogP contribution >= 0.6 is 0 Å². The van der Waals surface area contributed by atoms with Gasteiger partial charge in [0.15, 0.2) is 5.82 Å². The van der Waals surface area contributed by atoms with Gasteiger partial charge in [-0.25, -0.2) is 9.97 Å². The van der Waals surface area contributed by atoms with E-state index in [1.54, 1.807) is 0 Å². The van der Waals surface area contributed by atoms with Crippen LogP contribution in [0.15, 0.2) is 164 Å². The number of para-hydroxylation sites is 1. The highest BCUT2D eigenvalue weighted by molar-refractivity contribution is 6.14. The fourth-order valence-electron chi connectivity index (χ4n) is 8.84. The molecule has 0 saturated heterocycles. The third-order valence-corrected chi connectivity index (χ3v) is 11.4. The SMILES string of the molecule is CC1(C)c2cc3c(cc2-c2c1ccc1ccccc21)c1ccccc1n3-c1cccc(-c2nc(-c3ccccc3)c3ccc4ccccc4c3n2)c1. The van der Waals surface area contributed by atoms with Gasteiger partial charge in [-0.3, -0.25) is 0 Å². The number of nitrogens with zero attached hydrogens (tertiary/aromatic N) is 3. The number of hydrogen-bond acceptors (Lipinski definition) is 2. The summed E-state index contributed by atoms with van der Waals surface area (Å²) in [5.74, 6) is 0.717. The Hall–Kier alpha value is -6.58. The average Bonchev–Trinajstić information content (AvgIpc) is 3.64. The molecule has 0 unspecified atom stereocenters. The minimum absolute atomic E-state index is 0.137. The van der Waals surface area contributed by atoms with Crippen LogP contribution in [-0.4, -0.2) is 14.5 Å². The molecule has 2 aromatic heterocycles. The predicted octanol–water partition coefficient (Wildman–Crippen LogP) is 12.7. The van der Waals surface area contributed by atoms with E-state index in [1.165, 1.54) is 60.2 Å². The van der Waals surface area contributed by atoms with E-state index < -0.39 is 0 Å². The second-order valence-electron chi connectivity index (χ2n) is 14.6. The molecule has 0 spiro atoms. The Morgan fingerprint density at radius 1 is 0.462 bits per heavy atom. The highest BCUT2D eigenvalue weighted by Gasteiger charge is 2.37. The molecular weight excluding hydrogens is 631 g/mol. The van der Waals surface area contributed by atoms with Gasteiger partial charge in [0, 0.05) is 43.8 Å². The highest BCUT2D eigenvalue weighted by Crippen LogP contribution is 2.53. The first-order valence-corrected chi connectivity index (χ1v) is 18.0. The minimum Gasteiger partial charge on any atom is -0.309 e. The molecule has 1 aliphatic carbocycles. The average molecular weight is 664 g/mol. The van der Waals surface area contributed by atoms with Crippen molar-refractivity contribution < 1.29 is 0 Å². The summed E-state index contributed by atoms with van der Waals surface area (Å²) in [7, 11) is 0. The van der Waals surface area contributed by atoms with Crippen molar-refractivity contribution in [1.82, 2.24) is 14.5 Å². The van der Waals surface area contributed by atoms with Crippen molar-refractivity contribution in [1.29, 1.82) is 0 Å². The van der Waals surface area contributed by atoms with Crippen LogP contribution in [0, 0.1) is 0 Å². The van der Waals surface area contributed by atoms with E-state index in [0.29, 0.717) is 0 Å². The van der Waals surface area contributed by atoms with Crippen molar-refractivity contribution in [2.24, 2.45) is 0 Å². The zero-order chi connectivity index (χ0) is 34.6. The Labute approximate surface area is 301 Å². The van der Waals surface area contributed by atoms with Gasteiger partial charge in [-0.1, -0.05) is 141 Å². The molecule has 244 valence electrons. The summed E-state index contributed by atoms with van der Waals surface area (Å²) in [6.07, 6.45) is 0. The van der Waals surface area contributed by atoms with Crippen molar-refractivity contribution in [3.63, 3.8) is 0 Å². The van der Waals surface area contributed by atoms with E-state index in [4.69, 9.17) is 9.97 Å². The summed E-state index contributed by atoms with van der Waals surface area (Å²) in [6.45, 7) is 4.74. The standard InChI is InChI=1S/C49H33N3/c1-49(2)41-26-24-30-13-6-8-19-35(30)45(41)40-28-39-37-21-10-11-22-43(37)52(44(39)29-42(40)49)34-18-12-17-33(27-34)48-50-46(32-15-4-3-5-16-32)38-25-23-31-14-7-9-20-36(31)47(38)51-48/h3-29H,1-2H3. The maximum Gasteiger partial charge on any atom is 0.160 e. The third-order valence-electron chi connectivity index (χ3n) is 11.4. The van der Waals surface area contributed by atoms with E-state index >= 15 is 0 Å². The summed E-state index contributed by atoms with van der Waals surface area (Å²) in [5, 5.41) is 8.46. The van der Waals surface area contributed by atoms with Gasteiger partial charge in [-0.15, -0.1) is 0 Å². The van der Waals surface area contributed by atoms with E-state index in [-0.39, 0.29) is 5.41 Å². The topological polar surface area (TPSA) is 30.7 Å². The van der Waals surface area contributed by atoms with Crippen LogP contribution in [-0.2, 0) is 5.41 Å². The Morgan fingerprint density at radius 3 is 2.00 bits per heavy atom. The molecule has 3 heteroatoms. The normalized spacial score (nSPS) is 13.3. The number of rotatable bonds is 3. The fourth-order valence-corrected chi connectivity index (χ4v) is 8.84. The second-order valence-corrected chi connectivity index (χ2v) is 14.6. The maximum atomic E-state index is 5.30. The zero-order valence-electron chi connectivity index (χ0n) is 28.9. The van der Waals surface area contributed by atoms with Gasteiger partial charge in [0.1, 0.15) is 0 Å². The number of hydrogen-bond donors (Lipinski definition) is 0. The van der Waals surface area contributed by atoms with E-state index in [9.17, 15) is 0 Å². The van der Waals surface area contributed by atoms with Crippen LogP contribution < -0.4 is 0 Å². The summed E-state index contributed by atoms with van der Waals surface area (Å²) in [5.41, 5.74) is 12.8. The maximum absolute atomic E-state index is 5.30. The van der Waals surface area contributed by atoms with Crippen molar-refractivity contribution in [2.75, 3.05) is 0 Å². The van der Waals surface area contributed by atoms with Gasteiger partial charge < -0.3 is 4.57 Å². The quantitative estimate of drug-likeness (QED) is 0.176. The smallest absolute Gasteiger partial charge is 0.160 e. The molecule has 52 heavy (non-hydrogen) atoms. The molecule has 0 bridgehead atoms. The Morgan fingerprint density at radius 2 is 1.15 bits per heavy atom. The third kappa shape index (κ3) is 4.08. The van der Waals surface area contributed by atoms with Crippen LogP contribution in [0.5, 0.6) is 0 Å². The number of benzene rings is 8. The van der Waals surface area contributed by atoms with Gasteiger partial charge in [-0.2, -0.15) is 0 Å². The van der Waals surface area contributed by atoms with Gasteiger partial charge >= 0.3 is 0 Å². The van der Waals surface area contributed by atoms with Crippen LogP contribution in [0.4, 0.5) is 0 Å². The zero-order valence-corrected chi connectivity index (χ0v) is 28.9. The molecule has 8 aromatic carbocycles. The number of fused-ring (bicyclic) bond motifs is 11. The molecule has 11 rings (SSSR count). The lowest BCUT2D eigenvalue weighted by Crippen LogP contribution is -2.15. The molecule has 0 amide bonds. The van der Waals surface area contributed by atoms with Crippen molar-refractivity contribution in [3.05, 3.63) is 175 Å². The molecule has 0 fully saturated rings. The largest absolute Gasteiger partial charge is 0.309 e. The molecule has 10 aromatic rings. The molecule has 0 radical (unpaired) electrons. The summed E-state index contributed by atoms with van der Waals surface area (Å²) >= 11 is 0. The molecule has 0 saturated carbocycles. The molecular formula is C49H33N3. The van der Waals surface area contributed by atoms with Crippen molar-refractivity contribution in [2.45, 2.75) is 19.3 Å². The van der Waals surface area contributed by atoms with Crippen LogP contribution in [0.25, 0.3) is 93.7 Å². The summed E-state index contributed by atoms with van der Waals surface area (Å²) in [6, 6.07) is 59.2. The molecule has 0 aliphatic heterocycles. The first kappa shape index (κ1) is 29.2. The lowest BCUT2D eigenvalue weighted by atomic mass is 9.82. The second kappa shape index (κ2) is 10.7. The van der Waals surface area contributed by atoms with Crippen molar-refractivity contribution in [3.8, 4) is 39.5 Å². The Balaban J connectivity index is 1.16. The van der Waals surface area contributed by atoms with Gasteiger partial charge in [0.25, 0.3) is 0 Å². The summed E-state index contributed by atoms with van der Waals surface area (Å²) in [4.78, 5) is 10.6. The minimum atomic E-state index is -0.137. The first-order valence-electron chi connectivity index (χ1n) is 18.0. The van der Waals surface area contributed by atoms with E-state index in [1.807, 2.05) is 0 Å². The van der Waals surface area contributed by atoms with Crippen LogP contribution in [0.2, 0.25) is 0 Å².